The number of nitrogens with zero attached hydrogens (tertiary/aromatic N) is 6. The third kappa shape index (κ3) is 3.13. The van der Waals surface area contributed by atoms with Crippen molar-refractivity contribution in [3.63, 3.8) is 0 Å². The van der Waals surface area contributed by atoms with Gasteiger partial charge in [-0.3, -0.25) is 4.68 Å². The summed E-state index contributed by atoms with van der Waals surface area (Å²) in [6.45, 7) is 1.59. The maximum Gasteiger partial charge on any atom is 0.435 e. The molecule has 3 aromatic heterocycles. The molecule has 3 rings (SSSR count). The molecule has 0 amide bonds. The number of hydrogen-bond acceptors (Lipinski definition) is 7. The highest BCUT2D eigenvalue weighted by atomic mass is 19.4. The molecule has 0 saturated heterocycles. The molecular formula is C11H9F3N6O2. The van der Waals surface area contributed by atoms with E-state index in [0.29, 0.717) is 17.5 Å². The van der Waals surface area contributed by atoms with Gasteiger partial charge >= 0.3 is 6.18 Å². The molecule has 22 heavy (non-hydrogen) atoms. The number of hydrogen-bond donors (Lipinski definition) is 0. The van der Waals surface area contributed by atoms with Crippen LogP contribution in [0.2, 0.25) is 0 Å². The van der Waals surface area contributed by atoms with Gasteiger partial charge < -0.3 is 9.05 Å². The van der Waals surface area contributed by atoms with E-state index in [0.717, 1.165) is 10.7 Å². The number of halogens is 3. The summed E-state index contributed by atoms with van der Waals surface area (Å²) in [6, 6.07) is 0.874. The average molecular weight is 314 g/mol. The van der Waals surface area contributed by atoms with Gasteiger partial charge in [-0.15, -0.1) is 0 Å². The molecule has 0 saturated carbocycles. The Labute approximate surface area is 120 Å². The Balaban J connectivity index is 1.68. The highest BCUT2D eigenvalue weighted by molar-refractivity contribution is 5.04. The molecule has 8 nitrogen and oxygen atoms in total. The molecular weight excluding hydrogens is 305 g/mol. The summed E-state index contributed by atoms with van der Waals surface area (Å²) < 4.78 is 48.1. The van der Waals surface area contributed by atoms with Crippen LogP contribution in [-0.2, 0) is 19.1 Å². The predicted molar refractivity (Wildman–Crippen MR) is 62.5 cm³/mol. The quantitative estimate of drug-likeness (QED) is 0.722. The zero-order valence-corrected chi connectivity index (χ0v) is 11.2. The summed E-state index contributed by atoms with van der Waals surface area (Å²) in [7, 11) is 0. The third-order valence-corrected chi connectivity index (χ3v) is 2.62. The zero-order chi connectivity index (χ0) is 15.7. The van der Waals surface area contributed by atoms with Crippen LogP contribution >= 0.6 is 0 Å². The van der Waals surface area contributed by atoms with E-state index in [4.69, 9.17) is 9.05 Å². The van der Waals surface area contributed by atoms with E-state index in [9.17, 15) is 13.2 Å². The molecule has 0 atom stereocenters. The molecule has 11 heteroatoms. The first-order chi connectivity index (χ1) is 10.4. The SMILES string of the molecule is Cc1nc(Cc2noc(Cn3ccc(C(F)(F)F)n3)n2)no1. The van der Waals surface area contributed by atoms with Gasteiger partial charge in [-0.25, -0.2) is 0 Å². The van der Waals surface area contributed by atoms with E-state index < -0.39 is 11.9 Å². The van der Waals surface area contributed by atoms with Crippen molar-refractivity contribution in [2.45, 2.75) is 26.1 Å². The Bertz CT molecular complexity index is 775. The minimum absolute atomic E-state index is 0.0612. The minimum atomic E-state index is -4.48. The molecule has 0 spiro atoms. The Morgan fingerprint density at radius 2 is 1.86 bits per heavy atom. The van der Waals surface area contributed by atoms with Crippen LogP contribution < -0.4 is 0 Å². The lowest BCUT2D eigenvalue weighted by Crippen LogP contribution is -2.08. The molecule has 0 fully saturated rings. The van der Waals surface area contributed by atoms with Crippen LogP contribution in [0.4, 0.5) is 13.2 Å². The summed E-state index contributed by atoms with van der Waals surface area (Å²) >= 11 is 0. The van der Waals surface area contributed by atoms with E-state index >= 15 is 0 Å². The fourth-order valence-corrected chi connectivity index (χ4v) is 1.72. The maximum absolute atomic E-state index is 12.4. The van der Waals surface area contributed by atoms with Gasteiger partial charge in [-0.05, 0) is 6.07 Å². The lowest BCUT2D eigenvalue weighted by molar-refractivity contribution is -0.141. The van der Waals surface area contributed by atoms with E-state index in [1.807, 2.05) is 0 Å². The van der Waals surface area contributed by atoms with Gasteiger partial charge in [0, 0.05) is 13.1 Å². The van der Waals surface area contributed by atoms with Crippen molar-refractivity contribution >= 4 is 0 Å². The van der Waals surface area contributed by atoms with Crippen molar-refractivity contribution in [2.24, 2.45) is 0 Å². The maximum atomic E-state index is 12.4. The molecule has 3 heterocycles. The monoisotopic (exact) mass is 314 g/mol. The molecule has 0 bridgehead atoms. The molecule has 116 valence electrons. The van der Waals surface area contributed by atoms with E-state index in [1.54, 1.807) is 6.92 Å². The molecule has 0 aliphatic rings. The molecule has 0 N–H and O–H groups in total. The fourth-order valence-electron chi connectivity index (χ4n) is 1.72. The third-order valence-electron chi connectivity index (χ3n) is 2.62. The second-order valence-electron chi connectivity index (χ2n) is 4.41. The smallest absolute Gasteiger partial charge is 0.340 e. The van der Waals surface area contributed by atoms with Gasteiger partial charge in [0.1, 0.15) is 6.54 Å². The normalized spacial score (nSPS) is 12.0. The number of aromatic nitrogens is 6. The van der Waals surface area contributed by atoms with Crippen molar-refractivity contribution in [1.82, 2.24) is 30.1 Å². The van der Waals surface area contributed by atoms with Gasteiger partial charge in [-0.1, -0.05) is 10.3 Å². The highest BCUT2D eigenvalue weighted by Gasteiger charge is 2.33. The van der Waals surface area contributed by atoms with Crippen molar-refractivity contribution in [1.29, 1.82) is 0 Å². The predicted octanol–water partition coefficient (Wildman–Crippen LogP) is 1.62. The summed E-state index contributed by atoms with van der Waals surface area (Å²) in [6.07, 6.45) is -3.09. The largest absolute Gasteiger partial charge is 0.435 e. The van der Waals surface area contributed by atoms with E-state index in [-0.39, 0.29) is 18.9 Å². The lowest BCUT2D eigenvalue weighted by atomic mass is 10.4. The first-order valence-electron chi connectivity index (χ1n) is 6.11. The van der Waals surface area contributed by atoms with E-state index in [2.05, 4.69) is 25.4 Å². The zero-order valence-electron chi connectivity index (χ0n) is 11.2. The number of aryl methyl sites for hydroxylation is 1. The topological polar surface area (TPSA) is 95.7 Å². The van der Waals surface area contributed by atoms with Crippen LogP contribution in [0, 0.1) is 6.92 Å². The van der Waals surface area contributed by atoms with Crippen molar-refractivity contribution in [2.75, 3.05) is 0 Å². The van der Waals surface area contributed by atoms with Gasteiger partial charge in [0.05, 0.1) is 6.42 Å². The standard InChI is InChI=1S/C11H9F3N6O2/c1-6-15-8(18-21-6)4-9-16-10(22-19-9)5-20-3-2-7(17-20)11(12,13)14/h2-3H,4-5H2,1H3. The van der Waals surface area contributed by atoms with Crippen LogP contribution in [-0.4, -0.2) is 30.1 Å². The van der Waals surface area contributed by atoms with Crippen molar-refractivity contribution in [3.05, 3.63) is 41.4 Å². The molecule has 0 aliphatic carbocycles. The van der Waals surface area contributed by atoms with Gasteiger partial charge in [0.2, 0.25) is 11.8 Å². The molecule has 0 unspecified atom stereocenters. The number of alkyl halides is 3. The van der Waals surface area contributed by atoms with Crippen LogP contribution in [0.15, 0.2) is 21.3 Å². The summed E-state index contributed by atoms with van der Waals surface area (Å²) in [5.41, 5.74) is -0.977. The van der Waals surface area contributed by atoms with Gasteiger partial charge in [0.25, 0.3) is 0 Å². The molecule has 0 radical (unpaired) electrons. The first-order valence-corrected chi connectivity index (χ1v) is 6.11. The summed E-state index contributed by atoms with van der Waals surface area (Å²) in [5, 5.41) is 10.8. The second kappa shape index (κ2) is 5.24. The van der Waals surface area contributed by atoms with E-state index in [1.165, 1.54) is 6.20 Å². The Kier molecular flexibility index (Phi) is 3.39. The van der Waals surface area contributed by atoms with Gasteiger partial charge in [0.15, 0.2) is 17.3 Å². The number of rotatable bonds is 4. The van der Waals surface area contributed by atoms with Crippen LogP contribution in [0.1, 0.15) is 29.1 Å². The van der Waals surface area contributed by atoms with Crippen LogP contribution in [0.5, 0.6) is 0 Å². The Morgan fingerprint density at radius 1 is 1.14 bits per heavy atom. The van der Waals surface area contributed by atoms with Crippen molar-refractivity contribution in [3.8, 4) is 0 Å². The Morgan fingerprint density at radius 3 is 2.50 bits per heavy atom. The Hall–Kier alpha value is -2.72. The minimum Gasteiger partial charge on any atom is -0.340 e. The molecule has 0 aromatic carbocycles. The van der Waals surface area contributed by atoms with Crippen molar-refractivity contribution < 1.29 is 22.2 Å². The van der Waals surface area contributed by atoms with Crippen LogP contribution in [0.25, 0.3) is 0 Å². The van der Waals surface area contributed by atoms with Gasteiger partial charge in [-0.2, -0.15) is 28.2 Å². The molecule has 0 aliphatic heterocycles. The summed E-state index contributed by atoms with van der Waals surface area (Å²) in [5.74, 6) is 1.24. The second-order valence-corrected chi connectivity index (χ2v) is 4.41. The van der Waals surface area contributed by atoms with Crippen LogP contribution in [0.3, 0.4) is 0 Å². The fraction of sp³-hybridized carbons (Fsp3) is 0.364. The summed E-state index contributed by atoms with van der Waals surface area (Å²) in [4.78, 5) is 8.03. The average Bonchev–Trinajstić information content (AvgIpc) is 3.12. The highest BCUT2D eigenvalue weighted by Crippen LogP contribution is 2.27. The molecule has 3 aromatic rings. The first kappa shape index (κ1) is 14.2. The lowest BCUT2D eigenvalue weighted by Gasteiger charge is -2.00.